The minimum absolute atomic E-state index is 0.170. The van der Waals surface area contributed by atoms with Gasteiger partial charge in [-0.15, -0.1) is 0 Å². The Bertz CT molecular complexity index is 756. The molecule has 0 bridgehead atoms. The first-order valence-corrected chi connectivity index (χ1v) is 7.30. The van der Waals surface area contributed by atoms with Crippen molar-refractivity contribution in [2.45, 2.75) is 26.9 Å². The van der Waals surface area contributed by atoms with Crippen molar-refractivity contribution in [2.24, 2.45) is 0 Å². The smallest absolute Gasteiger partial charge is 0.153 e. The third-order valence-corrected chi connectivity index (χ3v) is 3.84. The number of nitrogens with one attached hydrogen (secondary N) is 1. The lowest BCUT2D eigenvalue weighted by atomic mass is 10.1. The van der Waals surface area contributed by atoms with Gasteiger partial charge in [0.1, 0.15) is 11.6 Å². The summed E-state index contributed by atoms with van der Waals surface area (Å²) in [6.45, 7) is 6.16. The molecule has 1 N–H and O–H groups in total. The van der Waals surface area contributed by atoms with E-state index in [0.29, 0.717) is 5.02 Å². The van der Waals surface area contributed by atoms with Crippen LogP contribution < -0.4 is 4.74 Å². The molecule has 3 rings (SSSR count). The molecule has 108 valence electrons. The Morgan fingerprint density at radius 2 is 1.90 bits per heavy atom. The molecular weight excluding hydrogens is 284 g/mol. The summed E-state index contributed by atoms with van der Waals surface area (Å²) < 4.78 is 5.89. The minimum Gasteiger partial charge on any atom is -0.483 e. The van der Waals surface area contributed by atoms with Gasteiger partial charge in [0.15, 0.2) is 6.10 Å². The second kappa shape index (κ2) is 5.41. The van der Waals surface area contributed by atoms with Gasteiger partial charge in [-0.25, -0.2) is 4.98 Å². The zero-order chi connectivity index (χ0) is 15.0. The number of aryl methyl sites for hydroxylation is 2. The van der Waals surface area contributed by atoms with Crippen molar-refractivity contribution in [3.63, 3.8) is 0 Å². The molecule has 2 aromatic carbocycles. The first-order valence-electron chi connectivity index (χ1n) is 6.92. The van der Waals surface area contributed by atoms with Gasteiger partial charge in [-0.05, 0) is 62.2 Å². The maximum Gasteiger partial charge on any atom is 0.153 e. The molecule has 0 amide bonds. The number of H-pyrrole nitrogens is 1. The number of rotatable bonds is 3. The molecule has 1 unspecified atom stereocenters. The number of nitrogens with zero attached hydrogens (tertiary/aromatic N) is 1. The molecular formula is C17H17ClN2O. The van der Waals surface area contributed by atoms with Gasteiger partial charge in [-0.3, -0.25) is 0 Å². The van der Waals surface area contributed by atoms with Crippen LogP contribution in [0.2, 0.25) is 5.02 Å². The summed E-state index contributed by atoms with van der Waals surface area (Å²) in [5.41, 5.74) is 4.49. The van der Waals surface area contributed by atoms with Crippen LogP contribution in [0.25, 0.3) is 11.0 Å². The van der Waals surface area contributed by atoms with Crippen LogP contribution in [0.5, 0.6) is 5.75 Å². The molecule has 1 atom stereocenters. The summed E-state index contributed by atoms with van der Waals surface area (Å²) in [6.07, 6.45) is -0.170. The molecule has 0 fully saturated rings. The third kappa shape index (κ3) is 2.88. The van der Waals surface area contributed by atoms with Gasteiger partial charge in [0.25, 0.3) is 0 Å². The van der Waals surface area contributed by atoms with Crippen LogP contribution in [0.1, 0.15) is 30.0 Å². The summed E-state index contributed by atoms with van der Waals surface area (Å²) in [6, 6.07) is 11.6. The van der Waals surface area contributed by atoms with E-state index in [0.717, 1.165) is 22.6 Å². The van der Waals surface area contributed by atoms with Crippen molar-refractivity contribution in [1.29, 1.82) is 0 Å². The van der Waals surface area contributed by atoms with Crippen LogP contribution in [-0.2, 0) is 0 Å². The fourth-order valence-corrected chi connectivity index (χ4v) is 2.46. The summed E-state index contributed by atoms with van der Waals surface area (Å²) in [7, 11) is 0. The molecule has 0 saturated heterocycles. The molecule has 0 spiro atoms. The van der Waals surface area contributed by atoms with Gasteiger partial charge in [0.2, 0.25) is 0 Å². The number of hydrogen-bond donors (Lipinski definition) is 1. The van der Waals surface area contributed by atoms with E-state index in [1.807, 2.05) is 25.1 Å². The summed E-state index contributed by atoms with van der Waals surface area (Å²) in [4.78, 5) is 7.95. The van der Waals surface area contributed by atoms with Crippen molar-refractivity contribution >= 4 is 22.6 Å². The highest BCUT2D eigenvalue weighted by Gasteiger charge is 2.13. The van der Waals surface area contributed by atoms with Gasteiger partial charge < -0.3 is 9.72 Å². The minimum atomic E-state index is -0.170. The summed E-state index contributed by atoms with van der Waals surface area (Å²) in [5, 5.41) is 0.663. The van der Waals surface area contributed by atoms with Gasteiger partial charge in [-0.1, -0.05) is 17.7 Å². The molecule has 0 radical (unpaired) electrons. The standard InChI is InChI=1S/C17H17ClN2O/c1-10-7-15-16(8-11(10)2)20-17(19-15)12(3)21-14-6-4-5-13(18)9-14/h4-9,12H,1-3H3,(H,19,20). The Labute approximate surface area is 128 Å². The highest BCUT2D eigenvalue weighted by Crippen LogP contribution is 2.25. The molecule has 0 aliphatic heterocycles. The van der Waals surface area contributed by atoms with Crippen LogP contribution in [0, 0.1) is 13.8 Å². The zero-order valence-electron chi connectivity index (χ0n) is 12.3. The Morgan fingerprint density at radius 1 is 1.14 bits per heavy atom. The van der Waals surface area contributed by atoms with E-state index in [4.69, 9.17) is 16.3 Å². The van der Waals surface area contributed by atoms with E-state index < -0.39 is 0 Å². The number of ether oxygens (including phenoxy) is 1. The van der Waals surface area contributed by atoms with Crippen LogP contribution in [-0.4, -0.2) is 9.97 Å². The molecule has 0 aliphatic rings. The van der Waals surface area contributed by atoms with Gasteiger partial charge >= 0.3 is 0 Å². The molecule has 0 saturated carbocycles. The lowest BCUT2D eigenvalue weighted by molar-refractivity contribution is 0.218. The monoisotopic (exact) mass is 300 g/mol. The predicted molar refractivity (Wildman–Crippen MR) is 86.1 cm³/mol. The van der Waals surface area contributed by atoms with Crippen LogP contribution in [0.4, 0.5) is 0 Å². The van der Waals surface area contributed by atoms with E-state index in [9.17, 15) is 0 Å². The van der Waals surface area contributed by atoms with Crippen molar-refractivity contribution in [2.75, 3.05) is 0 Å². The van der Waals surface area contributed by atoms with Crippen molar-refractivity contribution < 1.29 is 4.74 Å². The number of aromatic amines is 1. The van der Waals surface area contributed by atoms with Gasteiger partial charge in [0, 0.05) is 5.02 Å². The molecule has 3 nitrogen and oxygen atoms in total. The maximum absolute atomic E-state index is 5.97. The van der Waals surface area contributed by atoms with E-state index in [1.165, 1.54) is 11.1 Å². The number of benzene rings is 2. The fourth-order valence-electron chi connectivity index (χ4n) is 2.28. The van der Waals surface area contributed by atoms with Crippen molar-refractivity contribution in [3.05, 3.63) is 58.4 Å². The largest absolute Gasteiger partial charge is 0.483 e. The Balaban J connectivity index is 1.89. The number of hydrogen-bond acceptors (Lipinski definition) is 2. The number of halogens is 1. The molecule has 21 heavy (non-hydrogen) atoms. The predicted octanol–water partition coefficient (Wildman–Crippen LogP) is 4.97. The van der Waals surface area contributed by atoms with Crippen LogP contribution >= 0.6 is 11.6 Å². The SMILES string of the molecule is Cc1cc2nc(C(C)Oc3cccc(Cl)c3)[nH]c2cc1C. The third-order valence-electron chi connectivity index (χ3n) is 3.61. The fraction of sp³-hybridized carbons (Fsp3) is 0.235. The Hall–Kier alpha value is -2.00. The van der Waals surface area contributed by atoms with E-state index in [1.54, 1.807) is 6.07 Å². The topological polar surface area (TPSA) is 37.9 Å². The van der Waals surface area contributed by atoms with Gasteiger partial charge in [-0.2, -0.15) is 0 Å². The van der Waals surface area contributed by atoms with Gasteiger partial charge in [0.05, 0.1) is 11.0 Å². The quantitative estimate of drug-likeness (QED) is 0.741. The molecule has 1 aromatic heterocycles. The number of imidazole rings is 1. The first kappa shape index (κ1) is 14.0. The zero-order valence-corrected chi connectivity index (χ0v) is 13.0. The lowest BCUT2D eigenvalue weighted by Crippen LogP contribution is -2.04. The molecule has 1 heterocycles. The molecule has 0 aliphatic carbocycles. The maximum atomic E-state index is 5.97. The average Bonchev–Trinajstić information content (AvgIpc) is 2.82. The second-order valence-electron chi connectivity index (χ2n) is 5.29. The number of aromatic nitrogens is 2. The van der Waals surface area contributed by atoms with E-state index >= 15 is 0 Å². The molecule has 4 heteroatoms. The van der Waals surface area contributed by atoms with E-state index in [-0.39, 0.29) is 6.10 Å². The van der Waals surface area contributed by atoms with Crippen LogP contribution in [0.15, 0.2) is 36.4 Å². The first-order chi connectivity index (χ1) is 10.0. The molecule has 3 aromatic rings. The van der Waals surface area contributed by atoms with Crippen LogP contribution in [0.3, 0.4) is 0 Å². The highest BCUT2D eigenvalue weighted by molar-refractivity contribution is 6.30. The summed E-state index contributed by atoms with van der Waals surface area (Å²) in [5.74, 6) is 1.55. The number of fused-ring (bicyclic) bond motifs is 1. The Morgan fingerprint density at radius 3 is 2.67 bits per heavy atom. The normalized spacial score (nSPS) is 12.6. The van der Waals surface area contributed by atoms with Crippen molar-refractivity contribution in [1.82, 2.24) is 9.97 Å². The Kier molecular flexibility index (Phi) is 3.60. The highest BCUT2D eigenvalue weighted by atomic mass is 35.5. The van der Waals surface area contributed by atoms with E-state index in [2.05, 4.69) is 35.9 Å². The summed E-state index contributed by atoms with van der Waals surface area (Å²) >= 11 is 5.97. The second-order valence-corrected chi connectivity index (χ2v) is 5.73. The van der Waals surface area contributed by atoms with Crippen molar-refractivity contribution in [3.8, 4) is 5.75 Å². The average molecular weight is 301 g/mol. The lowest BCUT2D eigenvalue weighted by Gasteiger charge is -2.12.